The van der Waals surface area contributed by atoms with E-state index < -0.39 is 0 Å². The number of rotatable bonds is 6. The monoisotopic (exact) mass is 359 g/mol. The highest BCUT2D eigenvalue weighted by atomic mass is 35.5. The lowest BCUT2D eigenvalue weighted by molar-refractivity contribution is -0.116. The van der Waals surface area contributed by atoms with Crippen LogP contribution in [-0.2, 0) is 16.0 Å². The number of hydrogen-bond donors (Lipinski definition) is 1. The molecule has 1 fully saturated rings. The number of ketones is 1. The lowest BCUT2D eigenvalue weighted by Gasteiger charge is -2.22. The lowest BCUT2D eigenvalue weighted by atomic mass is 10.0. The maximum absolute atomic E-state index is 11.3. The highest BCUT2D eigenvalue weighted by Crippen LogP contribution is 2.27. The first-order chi connectivity index (χ1) is 12.1. The van der Waals surface area contributed by atoms with Gasteiger partial charge < -0.3 is 10.1 Å². The summed E-state index contributed by atoms with van der Waals surface area (Å²) in [6.45, 7) is 4.12. The summed E-state index contributed by atoms with van der Waals surface area (Å²) in [6, 6.07) is 7.66. The van der Waals surface area contributed by atoms with Crippen molar-refractivity contribution < 1.29 is 9.53 Å². The van der Waals surface area contributed by atoms with Crippen LogP contribution in [0.15, 0.2) is 30.5 Å². The van der Waals surface area contributed by atoms with E-state index in [0.29, 0.717) is 23.1 Å². The number of pyridine rings is 2. The van der Waals surface area contributed by atoms with Gasteiger partial charge in [-0.3, -0.25) is 9.78 Å². The van der Waals surface area contributed by atoms with Crippen molar-refractivity contribution >= 4 is 23.2 Å². The first kappa shape index (κ1) is 17.8. The van der Waals surface area contributed by atoms with Crippen LogP contribution in [0.25, 0.3) is 11.3 Å². The molecule has 0 spiro atoms. The van der Waals surface area contributed by atoms with Crippen molar-refractivity contribution in [1.29, 1.82) is 0 Å². The third kappa shape index (κ3) is 5.00. The Morgan fingerprint density at radius 3 is 2.92 bits per heavy atom. The van der Waals surface area contributed by atoms with Crippen LogP contribution in [0, 0.1) is 5.92 Å². The molecule has 0 aromatic carbocycles. The van der Waals surface area contributed by atoms with Gasteiger partial charge in [0.1, 0.15) is 11.6 Å². The van der Waals surface area contributed by atoms with Crippen molar-refractivity contribution in [3.63, 3.8) is 0 Å². The molecule has 0 atom stereocenters. The van der Waals surface area contributed by atoms with Crippen LogP contribution >= 0.6 is 11.6 Å². The molecule has 25 heavy (non-hydrogen) atoms. The van der Waals surface area contributed by atoms with E-state index in [4.69, 9.17) is 16.3 Å². The molecule has 1 saturated heterocycles. The molecule has 1 aliphatic heterocycles. The number of nitrogens with zero attached hydrogens (tertiary/aromatic N) is 2. The Bertz CT molecular complexity index is 745. The summed E-state index contributed by atoms with van der Waals surface area (Å²) in [5.41, 5.74) is 2.27. The lowest BCUT2D eigenvalue weighted by Crippen LogP contribution is -2.22. The van der Waals surface area contributed by atoms with Gasteiger partial charge in [-0.05, 0) is 43.9 Å². The van der Waals surface area contributed by atoms with Crippen LogP contribution < -0.4 is 5.32 Å². The van der Waals surface area contributed by atoms with Gasteiger partial charge >= 0.3 is 0 Å². The van der Waals surface area contributed by atoms with Crippen LogP contribution in [0.3, 0.4) is 0 Å². The van der Waals surface area contributed by atoms with E-state index in [1.807, 2.05) is 24.3 Å². The zero-order valence-corrected chi connectivity index (χ0v) is 15.1. The molecule has 5 nitrogen and oxygen atoms in total. The van der Waals surface area contributed by atoms with Crippen molar-refractivity contribution in [2.24, 2.45) is 5.92 Å². The number of nitrogens with one attached hydrogen (secondary N) is 1. The highest BCUT2D eigenvalue weighted by molar-refractivity contribution is 6.33. The van der Waals surface area contributed by atoms with Crippen LogP contribution in [0.2, 0.25) is 5.02 Å². The van der Waals surface area contributed by atoms with Gasteiger partial charge in [0.2, 0.25) is 0 Å². The van der Waals surface area contributed by atoms with Gasteiger partial charge in [0.05, 0.1) is 10.7 Å². The smallest absolute Gasteiger partial charge is 0.135 e. The molecule has 2 aromatic heterocycles. The van der Waals surface area contributed by atoms with Gasteiger partial charge in [-0.25, -0.2) is 4.98 Å². The number of carbonyl (C=O) groups excluding carboxylic acids is 1. The zero-order chi connectivity index (χ0) is 17.6. The number of carbonyl (C=O) groups is 1. The summed E-state index contributed by atoms with van der Waals surface area (Å²) in [5, 5.41) is 3.94. The average molecular weight is 360 g/mol. The molecule has 3 rings (SSSR count). The quantitative estimate of drug-likeness (QED) is 0.850. The fraction of sp³-hybridized carbons (Fsp3) is 0.421. The second kappa shape index (κ2) is 8.41. The Kier molecular flexibility index (Phi) is 6.00. The molecule has 6 heteroatoms. The van der Waals surface area contributed by atoms with Gasteiger partial charge in [0.15, 0.2) is 0 Å². The molecule has 1 aliphatic rings. The van der Waals surface area contributed by atoms with Gasteiger partial charge in [0.25, 0.3) is 0 Å². The third-order valence-corrected chi connectivity index (χ3v) is 4.58. The predicted octanol–water partition coefficient (Wildman–Crippen LogP) is 3.77. The second-order valence-corrected chi connectivity index (χ2v) is 6.79. The molecule has 0 radical (unpaired) electrons. The minimum atomic E-state index is 0.0700. The Labute approximate surface area is 152 Å². The molecule has 2 aromatic rings. The number of ether oxygens (including phenoxy) is 1. The topological polar surface area (TPSA) is 64.1 Å². The predicted molar refractivity (Wildman–Crippen MR) is 98.9 cm³/mol. The Balaban J connectivity index is 1.75. The molecule has 132 valence electrons. The van der Waals surface area contributed by atoms with E-state index in [1.165, 1.54) is 0 Å². The van der Waals surface area contributed by atoms with E-state index in [1.54, 1.807) is 13.1 Å². The zero-order valence-electron chi connectivity index (χ0n) is 14.3. The first-order valence-electron chi connectivity index (χ1n) is 8.54. The largest absolute Gasteiger partial charge is 0.381 e. The summed E-state index contributed by atoms with van der Waals surface area (Å²) < 4.78 is 5.39. The number of anilines is 1. The molecule has 3 heterocycles. The minimum Gasteiger partial charge on any atom is -0.381 e. The van der Waals surface area contributed by atoms with Gasteiger partial charge in [-0.1, -0.05) is 17.7 Å². The van der Waals surface area contributed by atoms with Gasteiger partial charge in [-0.15, -0.1) is 0 Å². The first-order valence-corrected chi connectivity index (χ1v) is 8.92. The fourth-order valence-electron chi connectivity index (χ4n) is 2.91. The van der Waals surface area contributed by atoms with Crippen molar-refractivity contribution in [1.82, 2.24) is 9.97 Å². The summed E-state index contributed by atoms with van der Waals surface area (Å²) in [6.07, 6.45) is 4.04. The highest BCUT2D eigenvalue weighted by Gasteiger charge is 2.14. The van der Waals surface area contributed by atoms with Crippen LogP contribution in [0.5, 0.6) is 0 Å². The molecule has 0 bridgehead atoms. The van der Waals surface area contributed by atoms with E-state index in [-0.39, 0.29) is 5.78 Å². The van der Waals surface area contributed by atoms with E-state index in [2.05, 4.69) is 15.3 Å². The van der Waals surface area contributed by atoms with Crippen LogP contribution in [0.4, 0.5) is 5.82 Å². The SMILES string of the molecule is CC(=O)Cc1cc(-c2cccc(NCC3CCOCC3)n2)c(Cl)cn1. The third-order valence-electron chi connectivity index (χ3n) is 4.28. The van der Waals surface area contributed by atoms with Crippen molar-refractivity contribution in [3.8, 4) is 11.3 Å². The number of Topliss-reactive ketones (excluding diaryl/α,β-unsaturated/α-hetero) is 1. The maximum atomic E-state index is 11.3. The second-order valence-electron chi connectivity index (χ2n) is 6.38. The standard InChI is InChI=1S/C19H22ClN3O2/c1-13(24)9-15-10-16(17(20)12-21-15)18-3-2-4-19(23-18)22-11-14-5-7-25-8-6-14/h2-4,10,12,14H,5-9,11H2,1H3,(H,22,23). The van der Waals surface area contributed by atoms with E-state index >= 15 is 0 Å². The summed E-state index contributed by atoms with van der Waals surface area (Å²) >= 11 is 6.30. The molecular weight excluding hydrogens is 338 g/mol. The molecular formula is C19H22ClN3O2. The van der Waals surface area contributed by atoms with Crippen molar-refractivity contribution in [2.45, 2.75) is 26.2 Å². The molecule has 0 aliphatic carbocycles. The van der Waals surface area contributed by atoms with E-state index in [9.17, 15) is 4.79 Å². The average Bonchev–Trinajstić information content (AvgIpc) is 2.62. The Morgan fingerprint density at radius 1 is 1.36 bits per heavy atom. The maximum Gasteiger partial charge on any atom is 0.135 e. The Hall–Kier alpha value is -1.98. The molecule has 0 saturated carbocycles. The van der Waals surface area contributed by atoms with E-state index in [0.717, 1.165) is 49.7 Å². The van der Waals surface area contributed by atoms with Crippen LogP contribution in [0.1, 0.15) is 25.5 Å². The van der Waals surface area contributed by atoms with Gasteiger partial charge in [0, 0.05) is 43.6 Å². The number of hydrogen-bond acceptors (Lipinski definition) is 5. The molecule has 0 amide bonds. The minimum absolute atomic E-state index is 0.0700. The van der Waals surface area contributed by atoms with Crippen molar-refractivity contribution in [2.75, 3.05) is 25.1 Å². The molecule has 0 unspecified atom stereocenters. The fourth-order valence-corrected chi connectivity index (χ4v) is 3.11. The summed E-state index contributed by atoms with van der Waals surface area (Å²) in [4.78, 5) is 20.2. The molecule has 1 N–H and O–H groups in total. The van der Waals surface area contributed by atoms with Gasteiger partial charge in [-0.2, -0.15) is 0 Å². The van der Waals surface area contributed by atoms with Crippen molar-refractivity contribution in [3.05, 3.63) is 41.2 Å². The Morgan fingerprint density at radius 2 is 2.16 bits per heavy atom. The summed E-state index contributed by atoms with van der Waals surface area (Å²) in [5.74, 6) is 1.51. The number of halogens is 1. The number of aromatic nitrogens is 2. The normalized spacial score (nSPS) is 15.1. The van der Waals surface area contributed by atoms with Crippen LogP contribution in [-0.4, -0.2) is 35.5 Å². The summed E-state index contributed by atoms with van der Waals surface area (Å²) in [7, 11) is 0.